The number of aromatic nitrogens is 1. The van der Waals surface area contributed by atoms with Crippen LogP contribution >= 0.6 is 34.3 Å². The number of nitrogens with zero attached hydrogens (tertiary/aromatic N) is 1. The van der Waals surface area contributed by atoms with Gasteiger partial charge in [0, 0.05) is 20.8 Å². The number of furan rings is 1. The van der Waals surface area contributed by atoms with Crippen molar-refractivity contribution in [1.29, 1.82) is 0 Å². The molecule has 11 nitrogen and oxygen atoms in total. The predicted molar refractivity (Wildman–Crippen MR) is 142 cm³/mol. The van der Waals surface area contributed by atoms with Gasteiger partial charge in [0.1, 0.15) is 32.2 Å². The fourth-order valence-electron chi connectivity index (χ4n) is 3.03. The molecule has 0 aliphatic rings. The molecular formula is C22H19ClN4O7S4. The Balaban J connectivity index is 1.29. The third kappa shape index (κ3) is 7.49. The molecule has 38 heavy (non-hydrogen) atoms. The third-order valence-corrected chi connectivity index (χ3v) is 10.3. The van der Waals surface area contributed by atoms with Gasteiger partial charge in [-0.3, -0.25) is 15.0 Å². The molecule has 0 aliphatic heterocycles. The van der Waals surface area contributed by atoms with Crippen LogP contribution in [0.1, 0.15) is 36.5 Å². The van der Waals surface area contributed by atoms with Crippen LogP contribution in [-0.2, 0) is 37.9 Å². The summed E-state index contributed by atoms with van der Waals surface area (Å²) in [6.07, 6.45) is 1.37. The Kier molecular flexibility index (Phi) is 8.64. The van der Waals surface area contributed by atoms with Crippen LogP contribution < -0.4 is 15.6 Å². The Hall–Kier alpha value is -3.08. The molecule has 0 spiro atoms. The van der Waals surface area contributed by atoms with Crippen LogP contribution in [0.25, 0.3) is 0 Å². The lowest BCUT2D eigenvalue weighted by atomic mass is 10.2. The van der Waals surface area contributed by atoms with Gasteiger partial charge < -0.3 is 9.73 Å². The molecule has 16 heteroatoms. The summed E-state index contributed by atoms with van der Waals surface area (Å²) in [4.78, 5) is 31.2. The van der Waals surface area contributed by atoms with Crippen LogP contribution in [0.5, 0.6) is 0 Å². The number of thiazole rings is 1. The zero-order valence-electron chi connectivity index (χ0n) is 19.2. The van der Waals surface area contributed by atoms with Crippen molar-refractivity contribution in [2.24, 2.45) is 0 Å². The molecule has 0 saturated heterocycles. The predicted octanol–water partition coefficient (Wildman–Crippen LogP) is 3.12. The first-order chi connectivity index (χ1) is 18.0. The number of carbonyl (C=O) groups is 2. The number of hydrogen-bond acceptors (Lipinski definition) is 10. The molecule has 4 aromatic rings. The smallest absolute Gasteiger partial charge is 0.285 e. The molecule has 3 heterocycles. The highest BCUT2D eigenvalue weighted by Crippen LogP contribution is 2.22. The monoisotopic (exact) mass is 614 g/mol. The number of hydrogen-bond donors (Lipinski definition) is 3. The minimum Gasteiger partial charge on any atom is -0.468 e. The molecule has 4 rings (SSSR count). The molecule has 3 aromatic heterocycles. The van der Waals surface area contributed by atoms with E-state index in [-0.39, 0.29) is 38.9 Å². The molecule has 0 radical (unpaired) electrons. The second-order valence-corrected chi connectivity index (χ2v) is 14.2. The molecule has 0 saturated carbocycles. The van der Waals surface area contributed by atoms with E-state index in [1.165, 1.54) is 17.7 Å². The van der Waals surface area contributed by atoms with E-state index in [1.54, 1.807) is 42.5 Å². The van der Waals surface area contributed by atoms with Gasteiger partial charge in [0.15, 0.2) is 9.84 Å². The number of sulfone groups is 1. The van der Waals surface area contributed by atoms with Gasteiger partial charge in [-0.2, -0.15) is 0 Å². The minimum absolute atomic E-state index is 0.0865. The first-order valence-corrected chi connectivity index (χ1v) is 16.0. The number of sulfonamides is 1. The normalized spacial score (nSPS) is 11.8. The summed E-state index contributed by atoms with van der Waals surface area (Å²) in [6.45, 7) is 0.0957. The Morgan fingerprint density at radius 1 is 0.974 bits per heavy atom. The van der Waals surface area contributed by atoms with Gasteiger partial charge in [-0.05, 0) is 48.5 Å². The average Bonchev–Trinajstić information content (AvgIpc) is 3.64. The quantitative estimate of drug-likeness (QED) is 0.217. The Morgan fingerprint density at radius 2 is 1.74 bits per heavy atom. The number of thiophene rings is 1. The van der Waals surface area contributed by atoms with Crippen LogP contribution in [0, 0.1) is 0 Å². The van der Waals surface area contributed by atoms with Crippen LogP contribution in [0.15, 0.2) is 68.8 Å². The van der Waals surface area contributed by atoms with E-state index < -0.39 is 31.5 Å². The number of nitrogens with one attached hydrogen (secondary N) is 3. The van der Waals surface area contributed by atoms with Crippen LogP contribution in [0.3, 0.4) is 0 Å². The molecule has 2 amide bonds. The summed E-state index contributed by atoms with van der Waals surface area (Å²) >= 11 is 7.69. The number of benzene rings is 1. The molecule has 0 unspecified atom stereocenters. The zero-order chi connectivity index (χ0) is 27.3. The van der Waals surface area contributed by atoms with Crippen molar-refractivity contribution in [2.45, 2.75) is 22.3 Å². The molecule has 1 aromatic carbocycles. The van der Waals surface area contributed by atoms with Gasteiger partial charge in [0.2, 0.25) is 0 Å². The number of rotatable bonds is 11. The van der Waals surface area contributed by atoms with Crippen molar-refractivity contribution in [3.05, 3.63) is 92.1 Å². The SMILES string of the molecule is O=C(NCc1ccc(S(=O)(=O)NNC(=O)c2csc(CS(=O)(=O)Cc3ccco3)n2)s1)c1ccc(Cl)cc1. The summed E-state index contributed by atoms with van der Waals surface area (Å²) in [5.41, 5.74) is 2.33. The van der Waals surface area contributed by atoms with Crippen molar-refractivity contribution in [3.8, 4) is 0 Å². The van der Waals surface area contributed by atoms with Crippen LogP contribution in [-0.4, -0.2) is 33.6 Å². The lowest BCUT2D eigenvalue weighted by molar-refractivity contribution is 0.0936. The van der Waals surface area contributed by atoms with Crippen LogP contribution in [0.4, 0.5) is 0 Å². The number of amides is 2. The largest absolute Gasteiger partial charge is 0.468 e. The van der Waals surface area contributed by atoms with Crippen molar-refractivity contribution < 1.29 is 30.8 Å². The number of halogens is 1. The fourth-order valence-corrected chi connectivity index (χ4v) is 7.80. The van der Waals surface area contributed by atoms with Gasteiger partial charge in [-0.15, -0.1) is 27.5 Å². The maximum absolute atomic E-state index is 12.6. The van der Waals surface area contributed by atoms with Gasteiger partial charge in [0.25, 0.3) is 21.8 Å². The van der Waals surface area contributed by atoms with E-state index in [2.05, 4.69) is 15.7 Å². The van der Waals surface area contributed by atoms with Gasteiger partial charge in [-0.1, -0.05) is 11.6 Å². The standard InChI is InChI=1S/C22H19ClN4O7S4/c23-15-5-3-14(4-6-15)21(28)24-10-17-7-8-20(36-17)38(32,33)27-26-22(29)18-11-35-19(25-18)13-37(30,31)12-16-2-1-9-34-16/h1-9,11,27H,10,12-13H2,(H,24,28)(H,26,29). The second kappa shape index (κ2) is 11.8. The average molecular weight is 615 g/mol. The summed E-state index contributed by atoms with van der Waals surface area (Å²) in [6, 6.07) is 12.3. The van der Waals surface area contributed by atoms with E-state index in [1.807, 2.05) is 4.83 Å². The zero-order valence-corrected chi connectivity index (χ0v) is 23.2. The van der Waals surface area contributed by atoms with Gasteiger partial charge in [-0.25, -0.2) is 21.8 Å². The molecule has 200 valence electrons. The van der Waals surface area contributed by atoms with Crippen molar-refractivity contribution >= 4 is 65.9 Å². The van der Waals surface area contributed by atoms with Crippen molar-refractivity contribution in [2.75, 3.05) is 0 Å². The molecular weight excluding hydrogens is 596 g/mol. The highest BCUT2D eigenvalue weighted by molar-refractivity contribution is 7.91. The molecule has 0 aliphatic carbocycles. The summed E-state index contributed by atoms with van der Waals surface area (Å²) in [5.74, 6) is -1.62. The van der Waals surface area contributed by atoms with E-state index in [0.717, 1.165) is 22.7 Å². The first kappa shape index (κ1) is 27.9. The third-order valence-electron chi connectivity index (χ3n) is 4.80. The van der Waals surface area contributed by atoms with Gasteiger partial charge in [0.05, 0.1) is 12.8 Å². The Bertz CT molecular complexity index is 1650. The second-order valence-electron chi connectivity index (χ2n) is 7.71. The highest BCUT2D eigenvalue weighted by Gasteiger charge is 2.21. The Labute approximate surface area is 230 Å². The molecule has 0 atom stereocenters. The number of carbonyl (C=O) groups excluding carboxylic acids is 2. The van der Waals surface area contributed by atoms with Crippen LogP contribution in [0.2, 0.25) is 5.02 Å². The first-order valence-electron chi connectivity index (χ1n) is 10.6. The lowest BCUT2D eigenvalue weighted by Crippen LogP contribution is -2.41. The number of hydrazine groups is 1. The Morgan fingerprint density at radius 3 is 2.45 bits per heavy atom. The van der Waals surface area contributed by atoms with E-state index in [9.17, 15) is 26.4 Å². The van der Waals surface area contributed by atoms with E-state index >= 15 is 0 Å². The van der Waals surface area contributed by atoms with Crippen molar-refractivity contribution in [3.63, 3.8) is 0 Å². The maximum atomic E-state index is 12.6. The minimum atomic E-state index is -4.11. The summed E-state index contributed by atoms with van der Waals surface area (Å²) in [5, 5.41) is 4.69. The van der Waals surface area contributed by atoms with E-state index in [0.29, 0.717) is 15.5 Å². The van der Waals surface area contributed by atoms with Crippen molar-refractivity contribution in [1.82, 2.24) is 20.6 Å². The molecule has 0 fully saturated rings. The fraction of sp³-hybridized carbons (Fsp3) is 0.136. The summed E-state index contributed by atoms with van der Waals surface area (Å²) in [7, 11) is -7.70. The molecule has 0 bridgehead atoms. The topological polar surface area (TPSA) is 165 Å². The molecule has 3 N–H and O–H groups in total. The maximum Gasteiger partial charge on any atom is 0.285 e. The summed E-state index contributed by atoms with van der Waals surface area (Å²) < 4.78 is 54.8. The lowest BCUT2D eigenvalue weighted by Gasteiger charge is -2.06. The van der Waals surface area contributed by atoms with E-state index in [4.69, 9.17) is 16.0 Å². The highest BCUT2D eigenvalue weighted by atomic mass is 35.5. The van der Waals surface area contributed by atoms with Gasteiger partial charge >= 0.3 is 0 Å².